The van der Waals surface area contributed by atoms with E-state index in [9.17, 15) is 9.59 Å². The topological polar surface area (TPSA) is 73.2 Å². The third-order valence-corrected chi connectivity index (χ3v) is 4.69. The van der Waals surface area contributed by atoms with Crippen LogP contribution in [0, 0.1) is 6.92 Å². The summed E-state index contributed by atoms with van der Waals surface area (Å²) in [7, 11) is 1.59. The van der Waals surface area contributed by atoms with Gasteiger partial charge in [-0.25, -0.2) is 4.98 Å². The van der Waals surface area contributed by atoms with Crippen LogP contribution in [0.1, 0.15) is 11.3 Å². The molecule has 0 radical (unpaired) electrons. The Balaban J connectivity index is 1.72. The number of nitrogens with one attached hydrogen (secondary N) is 1. The van der Waals surface area contributed by atoms with Crippen molar-refractivity contribution in [2.24, 2.45) is 0 Å². The first kappa shape index (κ1) is 20.6. The molecule has 3 aromatic rings. The maximum absolute atomic E-state index is 12.5. The summed E-state index contributed by atoms with van der Waals surface area (Å²) in [4.78, 5) is 29.4. The van der Waals surface area contributed by atoms with Crippen molar-refractivity contribution < 1.29 is 9.53 Å². The summed E-state index contributed by atoms with van der Waals surface area (Å²) in [6, 6.07) is 16.1. The van der Waals surface area contributed by atoms with Crippen molar-refractivity contribution in [1.82, 2.24) is 14.9 Å². The van der Waals surface area contributed by atoms with Gasteiger partial charge < -0.3 is 10.1 Å². The summed E-state index contributed by atoms with van der Waals surface area (Å²) >= 11 is 5.88. The van der Waals surface area contributed by atoms with E-state index in [1.54, 1.807) is 26.2 Å². The first-order valence-corrected chi connectivity index (χ1v) is 9.58. The lowest BCUT2D eigenvalue weighted by Gasteiger charge is -2.13. The number of aromatic nitrogens is 2. The highest BCUT2D eigenvalue weighted by atomic mass is 35.5. The summed E-state index contributed by atoms with van der Waals surface area (Å²) in [6.45, 7) is 2.12. The van der Waals surface area contributed by atoms with E-state index in [1.807, 2.05) is 36.4 Å². The van der Waals surface area contributed by atoms with Crippen molar-refractivity contribution in [2.45, 2.75) is 19.9 Å². The van der Waals surface area contributed by atoms with E-state index in [0.717, 1.165) is 11.1 Å². The van der Waals surface area contributed by atoms with Crippen molar-refractivity contribution >= 4 is 17.5 Å². The Labute approximate surface area is 174 Å². The fourth-order valence-electron chi connectivity index (χ4n) is 2.93. The molecule has 0 aliphatic carbocycles. The van der Waals surface area contributed by atoms with Gasteiger partial charge in [0.05, 0.1) is 7.11 Å². The highest BCUT2D eigenvalue weighted by Crippen LogP contribution is 2.20. The summed E-state index contributed by atoms with van der Waals surface area (Å²) in [6.07, 6.45) is 0.676. The Hall–Kier alpha value is -3.12. The van der Waals surface area contributed by atoms with Crippen LogP contribution < -0.4 is 15.6 Å². The van der Waals surface area contributed by atoms with E-state index in [-0.39, 0.29) is 18.0 Å². The minimum atomic E-state index is -0.267. The predicted molar refractivity (Wildman–Crippen MR) is 113 cm³/mol. The standard InChI is InChI=1S/C22H22ClN3O3/c1-15-13-21(28)26(22(25-15)17-5-9-19(29-2)10-6-17)14-20(27)24-12-11-16-3-7-18(23)8-4-16/h3-10,13H,11-12,14H2,1-2H3,(H,24,27). The van der Waals surface area contributed by atoms with Crippen LogP contribution in [0.15, 0.2) is 59.4 Å². The summed E-state index contributed by atoms with van der Waals surface area (Å²) < 4.78 is 6.56. The van der Waals surface area contributed by atoms with Gasteiger partial charge >= 0.3 is 0 Å². The molecule has 0 fully saturated rings. The van der Waals surface area contributed by atoms with E-state index in [2.05, 4.69) is 10.3 Å². The maximum atomic E-state index is 12.5. The lowest BCUT2D eigenvalue weighted by molar-refractivity contribution is -0.121. The fraction of sp³-hybridized carbons (Fsp3) is 0.227. The molecule has 0 atom stereocenters. The summed E-state index contributed by atoms with van der Waals surface area (Å²) in [5.41, 5.74) is 2.14. The molecule has 29 heavy (non-hydrogen) atoms. The SMILES string of the molecule is COc1ccc(-c2nc(C)cc(=O)n2CC(=O)NCCc2ccc(Cl)cc2)cc1. The average Bonchev–Trinajstić information content (AvgIpc) is 2.71. The third kappa shape index (κ3) is 5.45. The molecule has 1 N–H and O–H groups in total. The van der Waals surface area contributed by atoms with E-state index in [1.165, 1.54) is 10.6 Å². The fourth-order valence-corrected chi connectivity index (χ4v) is 3.06. The zero-order chi connectivity index (χ0) is 20.8. The van der Waals surface area contributed by atoms with Crippen LogP contribution in [0.3, 0.4) is 0 Å². The van der Waals surface area contributed by atoms with Crippen LogP contribution in [0.4, 0.5) is 0 Å². The molecule has 1 aromatic heterocycles. The normalized spacial score (nSPS) is 10.6. The molecule has 150 valence electrons. The molecular weight excluding hydrogens is 390 g/mol. The lowest BCUT2D eigenvalue weighted by Crippen LogP contribution is -2.34. The van der Waals surface area contributed by atoms with E-state index in [0.29, 0.717) is 35.3 Å². The van der Waals surface area contributed by atoms with Crippen LogP contribution in [0.5, 0.6) is 5.75 Å². The zero-order valence-corrected chi connectivity index (χ0v) is 17.1. The molecular formula is C22H22ClN3O3. The number of aryl methyl sites for hydroxylation is 1. The number of nitrogens with zero attached hydrogens (tertiary/aromatic N) is 2. The Morgan fingerprint density at radius 3 is 2.48 bits per heavy atom. The number of carbonyl (C=O) groups is 1. The van der Waals surface area contributed by atoms with Crippen molar-refractivity contribution in [3.05, 3.63) is 81.2 Å². The molecule has 0 saturated carbocycles. The smallest absolute Gasteiger partial charge is 0.254 e. The molecule has 0 aliphatic heterocycles. The summed E-state index contributed by atoms with van der Waals surface area (Å²) in [5, 5.41) is 3.53. The first-order valence-electron chi connectivity index (χ1n) is 9.20. The molecule has 0 aliphatic rings. The number of amides is 1. The number of benzene rings is 2. The molecule has 3 rings (SSSR count). The second-order valence-electron chi connectivity index (χ2n) is 6.60. The van der Waals surface area contributed by atoms with Gasteiger partial charge in [-0.3, -0.25) is 14.2 Å². The van der Waals surface area contributed by atoms with E-state index < -0.39 is 0 Å². The van der Waals surface area contributed by atoms with Crippen molar-refractivity contribution in [1.29, 1.82) is 0 Å². The monoisotopic (exact) mass is 411 g/mol. The minimum absolute atomic E-state index is 0.103. The largest absolute Gasteiger partial charge is 0.497 e. The Bertz CT molecular complexity index is 1040. The number of hydrogen-bond donors (Lipinski definition) is 1. The average molecular weight is 412 g/mol. The van der Waals surface area contributed by atoms with Gasteiger partial charge in [0.15, 0.2) is 0 Å². The second kappa shape index (κ2) is 9.39. The quantitative estimate of drug-likeness (QED) is 0.647. The van der Waals surface area contributed by atoms with Crippen LogP contribution in [0.25, 0.3) is 11.4 Å². The zero-order valence-electron chi connectivity index (χ0n) is 16.3. The molecule has 2 aromatic carbocycles. The van der Waals surface area contributed by atoms with Gasteiger partial charge in [0.2, 0.25) is 5.91 Å². The number of rotatable bonds is 7. The Morgan fingerprint density at radius 1 is 1.14 bits per heavy atom. The van der Waals surface area contributed by atoms with Crippen molar-refractivity contribution in [2.75, 3.05) is 13.7 Å². The number of ether oxygens (including phenoxy) is 1. The van der Waals surface area contributed by atoms with Gasteiger partial charge in [0.1, 0.15) is 18.1 Å². The number of methoxy groups -OCH3 is 1. The highest BCUT2D eigenvalue weighted by Gasteiger charge is 2.13. The molecule has 0 unspecified atom stereocenters. The van der Waals surface area contributed by atoms with Gasteiger partial charge in [0, 0.05) is 28.9 Å². The van der Waals surface area contributed by atoms with E-state index >= 15 is 0 Å². The van der Waals surface area contributed by atoms with Gasteiger partial charge in [-0.05, 0) is 55.3 Å². The van der Waals surface area contributed by atoms with Gasteiger partial charge in [-0.1, -0.05) is 23.7 Å². The Morgan fingerprint density at radius 2 is 1.83 bits per heavy atom. The second-order valence-corrected chi connectivity index (χ2v) is 7.04. The minimum Gasteiger partial charge on any atom is -0.497 e. The lowest BCUT2D eigenvalue weighted by atomic mass is 10.1. The molecule has 7 heteroatoms. The molecule has 0 saturated heterocycles. The molecule has 0 bridgehead atoms. The first-order chi connectivity index (χ1) is 14.0. The number of carbonyl (C=O) groups excluding carboxylic acids is 1. The third-order valence-electron chi connectivity index (χ3n) is 4.44. The van der Waals surface area contributed by atoms with Gasteiger partial charge in [0.25, 0.3) is 5.56 Å². The van der Waals surface area contributed by atoms with Crippen molar-refractivity contribution in [3.8, 4) is 17.1 Å². The van der Waals surface area contributed by atoms with Crippen LogP contribution in [0.2, 0.25) is 5.02 Å². The number of hydrogen-bond acceptors (Lipinski definition) is 4. The van der Waals surface area contributed by atoms with Gasteiger partial charge in [-0.2, -0.15) is 0 Å². The van der Waals surface area contributed by atoms with Gasteiger partial charge in [-0.15, -0.1) is 0 Å². The molecule has 0 spiro atoms. The predicted octanol–water partition coefficient (Wildman–Crippen LogP) is 3.24. The molecule has 1 amide bonds. The van der Waals surface area contributed by atoms with Crippen molar-refractivity contribution in [3.63, 3.8) is 0 Å². The molecule has 1 heterocycles. The molecule has 6 nitrogen and oxygen atoms in total. The maximum Gasteiger partial charge on any atom is 0.254 e. The summed E-state index contributed by atoms with van der Waals surface area (Å²) in [5.74, 6) is 0.905. The number of halogens is 1. The van der Waals surface area contributed by atoms with Crippen LogP contribution in [-0.4, -0.2) is 29.1 Å². The Kier molecular flexibility index (Phi) is 6.67. The van der Waals surface area contributed by atoms with E-state index in [4.69, 9.17) is 16.3 Å². The highest BCUT2D eigenvalue weighted by molar-refractivity contribution is 6.30. The van der Waals surface area contributed by atoms with Crippen LogP contribution >= 0.6 is 11.6 Å². The van der Waals surface area contributed by atoms with Crippen LogP contribution in [-0.2, 0) is 17.8 Å².